The van der Waals surface area contributed by atoms with Crippen LogP contribution in [-0.4, -0.2) is 30.6 Å². The van der Waals surface area contributed by atoms with Crippen molar-refractivity contribution in [3.8, 4) is 0 Å². The molecule has 118 valence electrons. The zero-order valence-corrected chi connectivity index (χ0v) is 13.3. The Morgan fingerprint density at radius 2 is 2.05 bits per heavy atom. The molecule has 0 aliphatic carbocycles. The maximum atomic E-state index is 11.1. The molecule has 0 aliphatic rings. The third-order valence-electron chi connectivity index (χ3n) is 3.28. The first-order chi connectivity index (χ1) is 10.7. The summed E-state index contributed by atoms with van der Waals surface area (Å²) in [5.74, 6) is 0. The predicted octanol–water partition coefficient (Wildman–Crippen LogP) is 3.74. The van der Waals surface area contributed by atoms with Gasteiger partial charge in [-0.1, -0.05) is 61.7 Å². The first kappa shape index (κ1) is 17.9. The number of carbonyl (C=O) groups is 1. The minimum Gasteiger partial charge on any atom is -0.376 e. The summed E-state index contributed by atoms with van der Waals surface area (Å²) in [6, 6.07) is 9.93. The Balaban J connectivity index is 2.34. The molecule has 1 unspecified atom stereocenters. The highest BCUT2D eigenvalue weighted by Crippen LogP contribution is 2.10. The van der Waals surface area contributed by atoms with E-state index >= 15 is 0 Å². The minimum absolute atomic E-state index is 0.0782. The Labute approximate surface area is 133 Å². The van der Waals surface area contributed by atoms with E-state index in [2.05, 4.69) is 13.2 Å². The summed E-state index contributed by atoms with van der Waals surface area (Å²) in [7, 11) is 0. The molecule has 0 N–H and O–H groups in total. The van der Waals surface area contributed by atoms with Crippen molar-refractivity contribution in [2.75, 3.05) is 13.2 Å². The zero-order valence-electron chi connectivity index (χ0n) is 13.3. The Morgan fingerprint density at radius 1 is 1.32 bits per heavy atom. The average molecular weight is 299 g/mol. The number of hydrogen-bond acceptors (Lipinski definition) is 2. The summed E-state index contributed by atoms with van der Waals surface area (Å²) in [5, 5.41) is 0. The third kappa shape index (κ3) is 7.04. The van der Waals surface area contributed by atoms with Crippen molar-refractivity contribution < 1.29 is 9.53 Å². The van der Waals surface area contributed by atoms with Gasteiger partial charge in [-0.2, -0.15) is 0 Å². The summed E-state index contributed by atoms with van der Waals surface area (Å²) in [6.45, 7) is 11.2. The maximum Gasteiger partial charge on any atom is 0.210 e. The largest absolute Gasteiger partial charge is 0.376 e. The minimum atomic E-state index is 0.0782. The molecule has 1 rings (SSSR count). The van der Waals surface area contributed by atoms with Crippen molar-refractivity contribution >= 4 is 6.41 Å². The van der Waals surface area contributed by atoms with Crippen LogP contribution < -0.4 is 0 Å². The number of carbonyl (C=O) groups excluding carboxylic acids is 1. The number of nitrogens with zero attached hydrogens (tertiary/aromatic N) is 1. The van der Waals surface area contributed by atoms with Crippen LogP contribution in [0.4, 0.5) is 0 Å². The van der Waals surface area contributed by atoms with Gasteiger partial charge in [0, 0.05) is 13.1 Å². The Kier molecular flexibility index (Phi) is 8.61. The number of ether oxygens (including phenoxy) is 1. The van der Waals surface area contributed by atoms with Crippen LogP contribution in [0.15, 0.2) is 67.3 Å². The molecule has 1 aromatic rings. The molecule has 0 heterocycles. The van der Waals surface area contributed by atoms with E-state index in [9.17, 15) is 4.79 Å². The second-order valence-electron chi connectivity index (χ2n) is 5.13. The summed E-state index contributed by atoms with van der Waals surface area (Å²) >= 11 is 0. The molecule has 0 bridgehead atoms. The summed E-state index contributed by atoms with van der Waals surface area (Å²) in [5.41, 5.74) is 2.21. The highest BCUT2D eigenvalue weighted by Gasteiger charge is 2.07. The fourth-order valence-corrected chi connectivity index (χ4v) is 2.12. The summed E-state index contributed by atoms with van der Waals surface area (Å²) in [6.07, 6.45) is 7.23. The number of hydrogen-bond donors (Lipinski definition) is 0. The van der Waals surface area contributed by atoms with Gasteiger partial charge in [-0.25, -0.2) is 0 Å². The van der Waals surface area contributed by atoms with Crippen LogP contribution in [0.25, 0.3) is 0 Å². The number of amides is 1. The SMILES string of the molecule is C=C/C=C(\C=C)CC(C)OCCN(C=O)Cc1ccccc1. The Bertz CT molecular complexity index is 493. The molecule has 0 fully saturated rings. The monoisotopic (exact) mass is 299 g/mol. The van der Waals surface area contributed by atoms with Gasteiger partial charge in [0.1, 0.15) is 0 Å². The average Bonchev–Trinajstić information content (AvgIpc) is 2.54. The molecule has 0 saturated carbocycles. The fourth-order valence-electron chi connectivity index (χ4n) is 2.12. The first-order valence-electron chi connectivity index (χ1n) is 7.48. The number of allylic oxidation sites excluding steroid dienone is 3. The molecule has 3 nitrogen and oxygen atoms in total. The molecule has 0 radical (unpaired) electrons. The zero-order chi connectivity index (χ0) is 16.2. The second kappa shape index (κ2) is 10.6. The first-order valence-corrected chi connectivity index (χ1v) is 7.48. The molecule has 0 aliphatic heterocycles. The van der Waals surface area contributed by atoms with E-state index in [1.54, 1.807) is 11.0 Å². The van der Waals surface area contributed by atoms with Crippen molar-refractivity contribution in [1.82, 2.24) is 4.90 Å². The molecule has 1 atom stereocenters. The van der Waals surface area contributed by atoms with E-state index in [0.29, 0.717) is 19.7 Å². The highest BCUT2D eigenvalue weighted by atomic mass is 16.5. The lowest BCUT2D eigenvalue weighted by Crippen LogP contribution is -2.27. The molecular formula is C19H25NO2. The molecule has 0 spiro atoms. The van der Waals surface area contributed by atoms with Crippen LogP contribution in [0.5, 0.6) is 0 Å². The lowest BCUT2D eigenvalue weighted by Gasteiger charge is -2.19. The van der Waals surface area contributed by atoms with Gasteiger partial charge in [-0.15, -0.1) is 0 Å². The predicted molar refractivity (Wildman–Crippen MR) is 91.4 cm³/mol. The van der Waals surface area contributed by atoms with Crippen LogP contribution in [0, 0.1) is 0 Å². The highest BCUT2D eigenvalue weighted by molar-refractivity contribution is 5.47. The molecule has 1 amide bonds. The smallest absolute Gasteiger partial charge is 0.210 e. The molecule has 0 saturated heterocycles. The van der Waals surface area contributed by atoms with Crippen molar-refractivity contribution in [2.45, 2.75) is 26.0 Å². The van der Waals surface area contributed by atoms with Crippen molar-refractivity contribution in [2.24, 2.45) is 0 Å². The normalized spacial score (nSPS) is 12.5. The second-order valence-corrected chi connectivity index (χ2v) is 5.13. The van der Waals surface area contributed by atoms with Gasteiger partial charge < -0.3 is 9.64 Å². The third-order valence-corrected chi connectivity index (χ3v) is 3.28. The van der Waals surface area contributed by atoms with E-state index in [4.69, 9.17) is 4.74 Å². The van der Waals surface area contributed by atoms with Gasteiger partial charge in [-0.05, 0) is 24.5 Å². The fraction of sp³-hybridized carbons (Fsp3) is 0.316. The molecule has 0 aromatic heterocycles. The number of benzene rings is 1. The molecule has 22 heavy (non-hydrogen) atoms. The molecule has 1 aromatic carbocycles. The van der Waals surface area contributed by atoms with E-state index in [-0.39, 0.29) is 6.10 Å². The lowest BCUT2D eigenvalue weighted by molar-refractivity contribution is -0.119. The quantitative estimate of drug-likeness (QED) is 0.460. The van der Waals surface area contributed by atoms with E-state index in [1.165, 1.54) is 0 Å². The van der Waals surface area contributed by atoms with Gasteiger partial charge in [0.05, 0.1) is 12.7 Å². The van der Waals surface area contributed by atoms with E-state index in [1.807, 2.05) is 49.4 Å². The standard InChI is InChI=1S/C19H25NO2/c1-4-9-18(5-2)14-17(3)22-13-12-20(16-21)15-19-10-7-6-8-11-19/h4-11,16-17H,1-2,12-15H2,3H3/b18-9+. The van der Waals surface area contributed by atoms with Crippen molar-refractivity contribution in [1.29, 1.82) is 0 Å². The van der Waals surface area contributed by atoms with Crippen molar-refractivity contribution in [3.05, 3.63) is 72.9 Å². The van der Waals surface area contributed by atoms with Crippen molar-refractivity contribution in [3.63, 3.8) is 0 Å². The maximum absolute atomic E-state index is 11.1. The van der Waals surface area contributed by atoms with Crippen LogP contribution in [0.2, 0.25) is 0 Å². The topological polar surface area (TPSA) is 29.5 Å². The molecule has 3 heteroatoms. The van der Waals surface area contributed by atoms with Gasteiger partial charge in [0.15, 0.2) is 0 Å². The van der Waals surface area contributed by atoms with Crippen LogP contribution in [0.3, 0.4) is 0 Å². The summed E-state index contributed by atoms with van der Waals surface area (Å²) in [4.78, 5) is 12.8. The number of rotatable bonds is 11. The van der Waals surface area contributed by atoms with Crippen LogP contribution >= 0.6 is 0 Å². The Hall–Kier alpha value is -2.13. The van der Waals surface area contributed by atoms with E-state index in [0.717, 1.165) is 24.0 Å². The van der Waals surface area contributed by atoms with Gasteiger partial charge >= 0.3 is 0 Å². The Morgan fingerprint density at radius 3 is 2.64 bits per heavy atom. The lowest BCUT2D eigenvalue weighted by atomic mass is 10.1. The van der Waals surface area contributed by atoms with Crippen LogP contribution in [-0.2, 0) is 16.1 Å². The van der Waals surface area contributed by atoms with E-state index < -0.39 is 0 Å². The molecular weight excluding hydrogens is 274 g/mol. The van der Waals surface area contributed by atoms with Gasteiger partial charge in [0.2, 0.25) is 6.41 Å². The van der Waals surface area contributed by atoms with Gasteiger partial charge in [-0.3, -0.25) is 4.79 Å². The van der Waals surface area contributed by atoms with Crippen LogP contribution in [0.1, 0.15) is 18.9 Å². The summed E-state index contributed by atoms with van der Waals surface area (Å²) < 4.78 is 5.77. The van der Waals surface area contributed by atoms with Gasteiger partial charge in [0.25, 0.3) is 0 Å².